The number of halogens is 4. The molecule has 1 rings (SSSR count). The zero-order chi connectivity index (χ0) is 23.7. The molecule has 1 aromatic rings. The minimum atomic E-state index is -5.19. The van der Waals surface area contributed by atoms with Crippen molar-refractivity contribution in [1.82, 2.24) is 4.72 Å². The van der Waals surface area contributed by atoms with Crippen molar-refractivity contribution in [2.75, 3.05) is 11.9 Å². The lowest BCUT2D eigenvalue weighted by atomic mass is 10.1. The first-order valence-corrected chi connectivity index (χ1v) is 12.1. The van der Waals surface area contributed by atoms with Crippen molar-refractivity contribution >= 4 is 33.2 Å². The number of hydrogen-bond acceptors (Lipinski definition) is 4. The van der Waals surface area contributed by atoms with E-state index in [4.69, 9.17) is 11.6 Å². The molecule has 178 valence electrons. The average Bonchev–Trinajstić information content (AvgIpc) is 2.67. The van der Waals surface area contributed by atoms with Crippen molar-refractivity contribution in [2.24, 2.45) is 0 Å². The van der Waals surface area contributed by atoms with E-state index in [2.05, 4.69) is 11.6 Å². The number of hydrogen-bond donors (Lipinski definition) is 3. The van der Waals surface area contributed by atoms with Crippen molar-refractivity contribution in [2.45, 2.75) is 81.9 Å². The monoisotopic (exact) mass is 486 g/mol. The number of carbonyl (C=O) groups excluding carboxylic acids is 1. The number of alkyl halides is 3. The fraction of sp³-hybridized carbons (Fsp3) is 0.650. The Morgan fingerprint density at radius 2 is 1.61 bits per heavy atom. The van der Waals surface area contributed by atoms with E-state index in [-0.39, 0.29) is 22.2 Å². The van der Waals surface area contributed by atoms with E-state index in [1.165, 1.54) is 25.7 Å². The maximum absolute atomic E-state index is 12.7. The van der Waals surface area contributed by atoms with E-state index >= 15 is 0 Å². The number of sulfonamides is 1. The van der Waals surface area contributed by atoms with Crippen LogP contribution in [0.15, 0.2) is 23.1 Å². The number of nitrogens with one attached hydrogen (secondary N) is 2. The summed E-state index contributed by atoms with van der Waals surface area (Å²) in [6, 6.07) is 3.20. The molecule has 0 heterocycles. The van der Waals surface area contributed by atoms with E-state index in [1.54, 1.807) is 0 Å². The molecule has 0 aliphatic carbocycles. The fourth-order valence-electron chi connectivity index (χ4n) is 2.69. The molecule has 1 atom stereocenters. The predicted octanol–water partition coefficient (Wildman–Crippen LogP) is 5.01. The summed E-state index contributed by atoms with van der Waals surface area (Å²) in [6.45, 7) is 2.72. The van der Waals surface area contributed by atoms with E-state index < -0.39 is 27.7 Å². The van der Waals surface area contributed by atoms with Crippen LogP contribution < -0.4 is 10.0 Å². The molecule has 0 aromatic heterocycles. The lowest BCUT2D eigenvalue weighted by molar-refractivity contribution is -0.242. The quantitative estimate of drug-likeness (QED) is 0.341. The second-order valence-electron chi connectivity index (χ2n) is 7.54. The Bertz CT molecular complexity index is 830. The summed E-state index contributed by atoms with van der Waals surface area (Å²) in [6.07, 6.45) is 3.37. The minimum Gasteiger partial charge on any atom is -0.373 e. The molecule has 0 unspecified atom stereocenters. The largest absolute Gasteiger partial charge is 0.426 e. The Hall–Kier alpha value is -1.36. The Kier molecular flexibility index (Phi) is 10.7. The van der Waals surface area contributed by atoms with Gasteiger partial charge in [0.05, 0.1) is 15.6 Å². The first-order chi connectivity index (χ1) is 14.3. The molecule has 0 aliphatic rings. The molecule has 0 bridgehead atoms. The van der Waals surface area contributed by atoms with Crippen molar-refractivity contribution in [3.63, 3.8) is 0 Å². The van der Waals surface area contributed by atoms with Crippen LogP contribution in [0.5, 0.6) is 0 Å². The molecular weight excluding hydrogens is 457 g/mol. The first kappa shape index (κ1) is 27.7. The van der Waals surface area contributed by atoms with Gasteiger partial charge in [-0.05, 0) is 31.5 Å². The summed E-state index contributed by atoms with van der Waals surface area (Å²) in [5.41, 5.74) is -3.88. The van der Waals surface area contributed by atoms with Gasteiger partial charge in [-0.1, -0.05) is 63.5 Å². The number of aliphatic hydroxyl groups is 1. The number of amides is 1. The van der Waals surface area contributed by atoms with Crippen LogP contribution in [0.1, 0.15) is 65.2 Å². The van der Waals surface area contributed by atoms with Crippen LogP contribution in [0.2, 0.25) is 5.02 Å². The van der Waals surface area contributed by atoms with Gasteiger partial charge < -0.3 is 10.4 Å². The second kappa shape index (κ2) is 12.0. The zero-order valence-electron chi connectivity index (χ0n) is 17.7. The van der Waals surface area contributed by atoms with Gasteiger partial charge in [-0.15, -0.1) is 0 Å². The van der Waals surface area contributed by atoms with Gasteiger partial charge in [0, 0.05) is 6.54 Å². The highest BCUT2D eigenvalue weighted by molar-refractivity contribution is 7.89. The van der Waals surface area contributed by atoms with Crippen LogP contribution in [0.25, 0.3) is 0 Å². The molecule has 1 aromatic carbocycles. The van der Waals surface area contributed by atoms with Gasteiger partial charge in [0.15, 0.2) is 0 Å². The number of carbonyl (C=O) groups is 1. The van der Waals surface area contributed by atoms with Gasteiger partial charge in [-0.2, -0.15) is 13.2 Å². The van der Waals surface area contributed by atoms with Gasteiger partial charge >= 0.3 is 6.18 Å². The molecule has 0 spiro atoms. The maximum atomic E-state index is 12.7. The van der Waals surface area contributed by atoms with Crippen LogP contribution in [0.4, 0.5) is 18.9 Å². The van der Waals surface area contributed by atoms with Gasteiger partial charge in [0.1, 0.15) is 0 Å². The summed E-state index contributed by atoms with van der Waals surface area (Å²) in [5, 5.41) is 11.0. The lowest BCUT2D eigenvalue weighted by Gasteiger charge is -2.25. The van der Waals surface area contributed by atoms with Crippen molar-refractivity contribution in [3.8, 4) is 0 Å². The average molecular weight is 487 g/mol. The van der Waals surface area contributed by atoms with Crippen LogP contribution in [0.3, 0.4) is 0 Å². The summed E-state index contributed by atoms with van der Waals surface area (Å²) < 4.78 is 65.4. The molecule has 31 heavy (non-hydrogen) atoms. The molecular formula is C20H30ClF3N2O4S. The molecule has 0 saturated carbocycles. The van der Waals surface area contributed by atoms with Gasteiger partial charge in [-0.3, -0.25) is 4.79 Å². The normalized spacial score (nSPS) is 14.3. The van der Waals surface area contributed by atoms with Crippen LogP contribution in [-0.2, 0) is 14.8 Å². The summed E-state index contributed by atoms with van der Waals surface area (Å²) in [5.74, 6) is -1.73. The number of rotatable bonds is 13. The maximum Gasteiger partial charge on any atom is 0.426 e. The van der Waals surface area contributed by atoms with E-state index in [0.29, 0.717) is 13.3 Å². The standard InChI is InChI=1S/C20H30ClF3N2O4S/c1-3-4-5-6-7-8-9-10-13-25-31(29,30)15-11-12-17(16(21)14-15)26-18(27)19(2,28)20(22,23)24/h11-12,14,25,28H,3-10,13H2,1-2H3,(H,26,27)/t19-/m1/s1. The third-order valence-corrected chi connectivity index (χ3v) is 6.59. The van der Waals surface area contributed by atoms with Gasteiger partial charge in [0.25, 0.3) is 5.91 Å². The predicted molar refractivity (Wildman–Crippen MR) is 115 cm³/mol. The SMILES string of the molecule is CCCCCCCCCCNS(=O)(=O)c1ccc(NC(=O)[C@@](C)(O)C(F)(F)F)c(Cl)c1. The number of unbranched alkanes of at least 4 members (excludes halogenated alkanes) is 7. The fourth-order valence-corrected chi connectivity index (χ4v) is 4.08. The van der Waals surface area contributed by atoms with Crippen LogP contribution in [0, 0.1) is 0 Å². The molecule has 0 saturated heterocycles. The van der Waals surface area contributed by atoms with Crippen LogP contribution >= 0.6 is 11.6 Å². The van der Waals surface area contributed by atoms with Gasteiger partial charge in [0.2, 0.25) is 15.6 Å². The molecule has 6 nitrogen and oxygen atoms in total. The topological polar surface area (TPSA) is 95.5 Å². The third-order valence-electron chi connectivity index (χ3n) is 4.82. The van der Waals surface area contributed by atoms with E-state index in [1.807, 2.05) is 5.32 Å². The summed E-state index contributed by atoms with van der Waals surface area (Å²) in [4.78, 5) is 11.6. The Balaban J connectivity index is 2.60. The van der Waals surface area contributed by atoms with E-state index in [0.717, 1.165) is 37.5 Å². The second-order valence-corrected chi connectivity index (χ2v) is 9.71. The summed E-state index contributed by atoms with van der Waals surface area (Å²) in [7, 11) is -3.86. The zero-order valence-corrected chi connectivity index (χ0v) is 19.3. The number of anilines is 1. The Morgan fingerprint density at radius 1 is 1.06 bits per heavy atom. The highest BCUT2D eigenvalue weighted by atomic mass is 35.5. The highest BCUT2D eigenvalue weighted by Gasteiger charge is 2.55. The van der Waals surface area contributed by atoms with Crippen molar-refractivity contribution in [3.05, 3.63) is 23.2 Å². The number of benzene rings is 1. The molecule has 1 amide bonds. The minimum absolute atomic E-state index is 0.183. The highest BCUT2D eigenvalue weighted by Crippen LogP contribution is 2.32. The summed E-state index contributed by atoms with van der Waals surface area (Å²) >= 11 is 5.93. The third kappa shape index (κ3) is 8.59. The lowest BCUT2D eigenvalue weighted by Crippen LogP contribution is -2.52. The molecule has 3 N–H and O–H groups in total. The molecule has 0 aliphatic heterocycles. The molecule has 0 radical (unpaired) electrons. The van der Waals surface area contributed by atoms with Crippen molar-refractivity contribution in [1.29, 1.82) is 0 Å². The molecule has 0 fully saturated rings. The smallest absolute Gasteiger partial charge is 0.373 e. The van der Waals surface area contributed by atoms with Crippen molar-refractivity contribution < 1.29 is 31.5 Å². The molecule has 11 heteroatoms. The van der Waals surface area contributed by atoms with E-state index in [9.17, 15) is 31.5 Å². The van der Waals surface area contributed by atoms with Crippen LogP contribution in [-0.4, -0.2) is 37.8 Å². The van der Waals surface area contributed by atoms with Gasteiger partial charge in [-0.25, -0.2) is 13.1 Å². The first-order valence-electron chi connectivity index (χ1n) is 10.2. The Labute approximate surface area is 186 Å². The Morgan fingerprint density at radius 3 is 2.13 bits per heavy atom.